The van der Waals surface area contributed by atoms with Crippen molar-refractivity contribution in [2.24, 2.45) is 16.8 Å². The topological polar surface area (TPSA) is 67.5 Å². The summed E-state index contributed by atoms with van der Waals surface area (Å²) in [5, 5.41) is 4.07. The van der Waals surface area contributed by atoms with E-state index in [-0.39, 0.29) is 0 Å². The summed E-state index contributed by atoms with van der Waals surface area (Å²) in [6, 6.07) is -0.571. The van der Waals surface area contributed by atoms with E-state index in [4.69, 9.17) is 5.73 Å². The standard InChI is InChI=1S/C10H19N3O/c1-2-5-8-6-3-4-7-9(8)12-13-10(11)14/h8H,2-7H2,1H3,(H3,11,13,14)/b12-9+/t8-/m1/s1. The fraction of sp³-hybridized carbons (Fsp3) is 0.800. The van der Waals surface area contributed by atoms with Gasteiger partial charge in [-0.05, 0) is 31.6 Å². The molecule has 0 spiro atoms. The third-order valence-corrected chi connectivity index (χ3v) is 2.65. The molecule has 0 bridgehead atoms. The van der Waals surface area contributed by atoms with Crippen molar-refractivity contribution in [2.75, 3.05) is 0 Å². The smallest absolute Gasteiger partial charge is 0.332 e. The Hall–Kier alpha value is -1.06. The molecule has 4 heteroatoms. The van der Waals surface area contributed by atoms with Gasteiger partial charge in [-0.3, -0.25) is 0 Å². The normalized spacial score (nSPS) is 24.9. The Morgan fingerprint density at radius 3 is 3.07 bits per heavy atom. The molecule has 80 valence electrons. The predicted molar refractivity (Wildman–Crippen MR) is 57.0 cm³/mol. The van der Waals surface area contributed by atoms with Gasteiger partial charge in [0.1, 0.15) is 0 Å². The second-order valence-electron chi connectivity index (χ2n) is 3.81. The summed E-state index contributed by atoms with van der Waals surface area (Å²) in [4.78, 5) is 10.5. The minimum absolute atomic E-state index is 0.556. The van der Waals surface area contributed by atoms with Crippen LogP contribution in [0.15, 0.2) is 5.10 Å². The predicted octanol–water partition coefficient (Wildman–Crippen LogP) is 2.00. The van der Waals surface area contributed by atoms with Crippen LogP contribution < -0.4 is 11.2 Å². The number of nitrogens with zero attached hydrogens (tertiary/aromatic N) is 1. The molecule has 0 aromatic heterocycles. The number of nitrogens with one attached hydrogen (secondary N) is 1. The summed E-state index contributed by atoms with van der Waals surface area (Å²) in [6.45, 7) is 2.17. The SMILES string of the molecule is CCC[C@@H]1CCCC/C1=N\NC(N)=O. The van der Waals surface area contributed by atoms with Gasteiger partial charge in [-0.15, -0.1) is 0 Å². The van der Waals surface area contributed by atoms with E-state index in [1.807, 2.05) is 0 Å². The van der Waals surface area contributed by atoms with Gasteiger partial charge >= 0.3 is 6.03 Å². The van der Waals surface area contributed by atoms with Crippen LogP contribution in [0.4, 0.5) is 4.79 Å². The lowest BCUT2D eigenvalue weighted by Crippen LogP contribution is -2.29. The second-order valence-corrected chi connectivity index (χ2v) is 3.81. The Bertz CT molecular complexity index is 223. The lowest BCUT2D eigenvalue weighted by atomic mass is 9.84. The van der Waals surface area contributed by atoms with Crippen molar-refractivity contribution in [1.29, 1.82) is 0 Å². The van der Waals surface area contributed by atoms with Gasteiger partial charge in [-0.2, -0.15) is 5.10 Å². The summed E-state index contributed by atoms with van der Waals surface area (Å²) in [6.07, 6.45) is 7.00. The Balaban J connectivity index is 2.52. The molecule has 0 unspecified atom stereocenters. The number of rotatable bonds is 3. The Morgan fingerprint density at radius 1 is 1.64 bits per heavy atom. The molecular formula is C10H19N3O. The highest BCUT2D eigenvalue weighted by Gasteiger charge is 2.19. The van der Waals surface area contributed by atoms with E-state index in [1.165, 1.54) is 32.1 Å². The fourth-order valence-corrected chi connectivity index (χ4v) is 2.00. The summed E-state index contributed by atoms with van der Waals surface area (Å²) in [5.41, 5.74) is 8.42. The van der Waals surface area contributed by atoms with Gasteiger partial charge in [0, 0.05) is 5.71 Å². The zero-order chi connectivity index (χ0) is 10.4. The molecule has 3 N–H and O–H groups in total. The average Bonchev–Trinajstić information content (AvgIpc) is 2.17. The molecule has 1 atom stereocenters. The summed E-state index contributed by atoms with van der Waals surface area (Å²) < 4.78 is 0. The minimum Gasteiger partial charge on any atom is -0.350 e. The van der Waals surface area contributed by atoms with Crippen LogP contribution in [-0.2, 0) is 0 Å². The highest BCUT2D eigenvalue weighted by atomic mass is 16.2. The van der Waals surface area contributed by atoms with Crippen molar-refractivity contribution in [1.82, 2.24) is 5.43 Å². The number of carbonyl (C=O) groups excluding carboxylic acids is 1. The number of urea groups is 1. The maximum absolute atomic E-state index is 10.5. The first-order chi connectivity index (χ1) is 6.74. The van der Waals surface area contributed by atoms with Crippen LogP contribution in [0.25, 0.3) is 0 Å². The molecule has 1 fully saturated rings. The van der Waals surface area contributed by atoms with E-state index >= 15 is 0 Å². The molecule has 14 heavy (non-hydrogen) atoms. The first-order valence-corrected chi connectivity index (χ1v) is 5.36. The largest absolute Gasteiger partial charge is 0.350 e. The number of hydrogen-bond acceptors (Lipinski definition) is 2. The molecule has 1 aliphatic carbocycles. The second kappa shape index (κ2) is 5.62. The van der Waals surface area contributed by atoms with Gasteiger partial charge in [-0.25, -0.2) is 10.2 Å². The Morgan fingerprint density at radius 2 is 2.43 bits per heavy atom. The van der Waals surface area contributed by atoms with E-state index in [0.29, 0.717) is 5.92 Å². The summed E-state index contributed by atoms with van der Waals surface area (Å²) in [5.74, 6) is 0.556. The van der Waals surface area contributed by atoms with E-state index in [1.54, 1.807) is 0 Å². The van der Waals surface area contributed by atoms with Crippen LogP contribution in [0.2, 0.25) is 0 Å². The molecule has 1 saturated carbocycles. The van der Waals surface area contributed by atoms with E-state index in [0.717, 1.165) is 12.1 Å². The maximum atomic E-state index is 10.5. The highest BCUT2D eigenvalue weighted by molar-refractivity contribution is 5.88. The van der Waals surface area contributed by atoms with Crippen molar-refractivity contribution in [3.05, 3.63) is 0 Å². The van der Waals surface area contributed by atoms with E-state index < -0.39 is 6.03 Å². The van der Waals surface area contributed by atoms with Crippen LogP contribution in [-0.4, -0.2) is 11.7 Å². The van der Waals surface area contributed by atoms with Crippen molar-refractivity contribution in [3.8, 4) is 0 Å². The van der Waals surface area contributed by atoms with Gasteiger partial charge in [0.15, 0.2) is 0 Å². The first-order valence-electron chi connectivity index (χ1n) is 5.36. The zero-order valence-corrected chi connectivity index (χ0v) is 8.75. The van der Waals surface area contributed by atoms with Gasteiger partial charge in [0.2, 0.25) is 0 Å². The van der Waals surface area contributed by atoms with Crippen LogP contribution in [0.3, 0.4) is 0 Å². The van der Waals surface area contributed by atoms with Crippen LogP contribution >= 0.6 is 0 Å². The third-order valence-electron chi connectivity index (χ3n) is 2.65. The zero-order valence-electron chi connectivity index (χ0n) is 8.75. The molecule has 1 aliphatic rings. The molecule has 0 radical (unpaired) electrons. The minimum atomic E-state index is -0.571. The lowest BCUT2D eigenvalue weighted by Gasteiger charge is -2.23. The molecule has 2 amide bonds. The van der Waals surface area contributed by atoms with Crippen molar-refractivity contribution in [3.63, 3.8) is 0 Å². The number of carbonyl (C=O) groups is 1. The fourth-order valence-electron chi connectivity index (χ4n) is 2.00. The molecule has 0 aromatic rings. The van der Waals surface area contributed by atoms with Gasteiger partial charge in [0.05, 0.1) is 0 Å². The monoisotopic (exact) mass is 197 g/mol. The van der Waals surface area contributed by atoms with Crippen molar-refractivity contribution in [2.45, 2.75) is 45.4 Å². The number of nitrogens with two attached hydrogens (primary N) is 1. The van der Waals surface area contributed by atoms with Gasteiger partial charge in [0.25, 0.3) is 0 Å². The average molecular weight is 197 g/mol. The van der Waals surface area contributed by atoms with Gasteiger partial charge < -0.3 is 5.73 Å². The number of amides is 2. The van der Waals surface area contributed by atoms with Gasteiger partial charge in [-0.1, -0.05) is 19.8 Å². The van der Waals surface area contributed by atoms with Crippen molar-refractivity contribution < 1.29 is 4.79 Å². The van der Waals surface area contributed by atoms with Crippen molar-refractivity contribution >= 4 is 11.7 Å². The number of hydrogen-bond donors (Lipinski definition) is 2. The molecular weight excluding hydrogens is 178 g/mol. The third kappa shape index (κ3) is 3.36. The Labute approximate surface area is 84.9 Å². The summed E-state index contributed by atoms with van der Waals surface area (Å²) in [7, 11) is 0. The molecule has 0 aromatic carbocycles. The number of hydrazone groups is 1. The van der Waals surface area contributed by atoms with Crippen LogP contribution in [0.5, 0.6) is 0 Å². The molecule has 0 saturated heterocycles. The van der Waals surface area contributed by atoms with Crippen LogP contribution in [0.1, 0.15) is 45.4 Å². The summed E-state index contributed by atoms with van der Waals surface area (Å²) >= 11 is 0. The lowest BCUT2D eigenvalue weighted by molar-refractivity contribution is 0.249. The molecule has 0 heterocycles. The molecule has 1 rings (SSSR count). The first kappa shape index (κ1) is 11.0. The maximum Gasteiger partial charge on any atom is 0.332 e. The highest BCUT2D eigenvalue weighted by Crippen LogP contribution is 2.25. The van der Waals surface area contributed by atoms with E-state index in [2.05, 4.69) is 17.5 Å². The van der Waals surface area contributed by atoms with Crippen LogP contribution in [0, 0.1) is 5.92 Å². The number of primary amides is 1. The van der Waals surface area contributed by atoms with E-state index in [9.17, 15) is 4.79 Å². The quantitative estimate of drug-likeness (QED) is 0.667. The Kier molecular flexibility index (Phi) is 4.43. The molecule has 0 aliphatic heterocycles. The molecule has 4 nitrogen and oxygen atoms in total.